The highest BCUT2D eigenvalue weighted by molar-refractivity contribution is 5.69. The van der Waals surface area contributed by atoms with Gasteiger partial charge in [0.1, 0.15) is 5.82 Å². The molecule has 0 unspecified atom stereocenters. The molecule has 1 heterocycles. The Morgan fingerprint density at radius 2 is 2.00 bits per heavy atom. The molecule has 1 aromatic rings. The lowest BCUT2D eigenvalue weighted by molar-refractivity contribution is -0.138. The first-order chi connectivity index (χ1) is 10.1. The van der Waals surface area contributed by atoms with Gasteiger partial charge in [0, 0.05) is 31.7 Å². The molecule has 1 saturated heterocycles. The molecule has 1 aromatic carbocycles. The number of nitrogens with zero attached hydrogens (tertiary/aromatic N) is 3. The smallest absolute Gasteiger partial charge is 0.317 e. The molecule has 0 saturated carbocycles. The van der Waals surface area contributed by atoms with Gasteiger partial charge in [0.25, 0.3) is 0 Å². The first-order valence-corrected chi connectivity index (χ1v) is 6.93. The van der Waals surface area contributed by atoms with Gasteiger partial charge in [-0.1, -0.05) is 6.07 Å². The molecule has 21 heavy (non-hydrogen) atoms. The summed E-state index contributed by atoms with van der Waals surface area (Å²) in [6, 6.07) is 6.44. The molecule has 0 amide bonds. The lowest BCUT2D eigenvalue weighted by Gasteiger charge is -2.21. The van der Waals surface area contributed by atoms with Crippen LogP contribution in [0.4, 0.5) is 4.39 Å². The monoisotopic (exact) mass is 291 g/mol. The maximum Gasteiger partial charge on any atom is 0.317 e. The van der Waals surface area contributed by atoms with Crippen molar-refractivity contribution in [2.24, 2.45) is 0 Å². The molecule has 0 aromatic heterocycles. The van der Waals surface area contributed by atoms with Crippen molar-refractivity contribution in [3.8, 4) is 6.07 Å². The van der Waals surface area contributed by atoms with Crippen LogP contribution in [0.3, 0.4) is 0 Å². The zero-order valence-electron chi connectivity index (χ0n) is 11.8. The number of hydrogen-bond acceptors (Lipinski definition) is 4. The lowest BCUT2D eigenvalue weighted by atomic mass is 10.1. The zero-order valence-corrected chi connectivity index (χ0v) is 11.8. The summed E-state index contributed by atoms with van der Waals surface area (Å²) in [7, 11) is 0. The Morgan fingerprint density at radius 1 is 1.29 bits per heavy atom. The third-order valence-electron chi connectivity index (χ3n) is 3.62. The summed E-state index contributed by atoms with van der Waals surface area (Å²) < 4.78 is 13.9. The molecule has 1 aliphatic rings. The summed E-state index contributed by atoms with van der Waals surface area (Å²) in [4.78, 5) is 14.7. The Morgan fingerprint density at radius 3 is 2.67 bits per heavy atom. The standard InChI is InChI=1S/C15H18FN3O2/c16-14-8-12(9-17)2-3-13(14)10-18-4-1-5-19(7-6-18)11-15(20)21/h2-3,8H,1,4-7,10-11H2,(H,20,21). The van der Waals surface area contributed by atoms with Crippen LogP contribution in [-0.2, 0) is 11.3 Å². The van der Waals surface area contributed by atoms with Gasteiger partial charge in [0.05, 0.1) is 18.2 Å². The van der Waals surface area contributed by atoms with Gasteiger partial charge >= 0.3 is 5.97 Å². The van der Waals surface area contributed by atoms with Crippen molar-refractivity contribution in [3.63, 3.8) is 0 Å². The quantitative estimate of drug-likeness (QED) is 0.905. The fourth-order valence-corrected chi connectivity index (χ4v) is 2.52. The van der Waals surface area contributed by atoms with Crippen LogP contribution in [0.1, 0.15) is 17.5 Å². The van der Waals surface area contributed by atoms with E-state index < -0.39 is 5.97 Å². The summed E-state index contributed by atoms with van der Waals surface area (Å²) in [6.45, 7) is 3.49. The van der Waals surface area contributed by atoms with Crippen molar-refractivity contribution in [1.82, 2.24) is 9.80 Å². The summed E-state index contributed by atoms with van der Waals surface area (Å²) >= 11 is 0. The summed E-state index contributed by atoms with van der Waals surface area (Å²) in [5, 5.41) is 17.5. The van der Waals surface area contributed by atoms with Crippen LogP contribution >= 0.6 is 0 Å². The van der Waals surface area contributed by atoms with Crippen LogP contribution < -0.4 is 0 Å². The molecule has 0 radical (unpaired) electrons. The van der Waals surface area contributed by atoms with Crippen LogP contribution in [0.25, 0.3) is 0 Å². The molecule has 1 aliphatic heterocycles. The molecule has 0 aliphatic carbocycles. The first kappa shape index (κ1) is 15.4. The second kappa shape index (κ2) is 7.16. The van der Waals surface area contributed by atoms with Gasteiger partial charge in [-0.05, 0) is 25.1 Å². The highest BCUT2D eigenvalue weighted by atomic mass is 19.1. The number of rotatable bonds is 4. The van der Waals surface area contributed by atoms with E-state index >= 15 is 0 Å². The summed E-state index contributed by atoms with van der Waals surface area (Å²) in [6.07, 6.45) is 0.866. The molecule has 2 rings (SSSR count). The van der Waals surface area contributed by atoms with Gasteiger partial charge in [0.2, 0.25) is 0 Å². The number of carbonyl (C=O) groups is 1. The van der Waals surface area contributed by atoms with E-state index in [1.54, 1.807) is 12.1 Å². The molecule has 5 nitrogen and oxygen atoms in total. The summed E-state index contributed by atoms with van der Waals surface area (Å²) in [5.74, 6) is -1.18. The third kappa shape index (κ3) is 4.52. The Balaban J connectivity index is 1.94. The highest BCUT2D eigenvalue weighted by Crippen LogP contribution is 2.14. The van der Waals surface area contributed by atoms with Crippen molar-refractivity contribution in [1.29, 1.82) is 5.26 Å². The van der Waals surface area contributed by atoms with E-state index in [0.717, 1.165) is 19.5 Å². The SMILES string of the molecule is N#Cc1ccc(CN2CCCN(CC(=O)O)CC2)c(F)c1. The second-order valence-corrected chi connectivity index (χ2v) is 5.22. The average molecular weight is 291 g/mol. The van der Waals surface area contributed by atoms with E-state index in [0.29, 0.717) is 30.8 Å². The molecule has 0 atom stereocenters. The molecule has 0 bridgehead atoms. The first-order valence-electron chi connectivity index (χ1n) is 6.93. The predicted molar refractivity (Wildman–Crippen MR) is 75.1 cm³/mol. The fourth-order valence-electron chi connectivity index (χ4n) is 2.52. The van der Waals surface area contributed by atoms with Crippen LogP contribution in [0.2, 0.25) is 0 Å². The minimum Gasteiger partial charge on any atom is -0.480 e. The molecule has 112 valence electrons. The van der Waals surface area contributed by atoms with Gasteiger partial charge < -0.3 is 5.11 Å². The number of hydrogen-bond donors (Lipinski definition) is 1. The zero-order chi connectivity index (χ0) is 15.2. The van der Waals surface area contributed by atoms with Crippen LogP contribution in [-0.4, -0.2) is 53.6 Å². The lowest BCUT2D eigenvalue weighted by Crippen LogP contribution is -2.34. The van der Waals surface area contributed by atoms with Crippen molar-refractivity contribution >= 4 is 5.97 Å². The number of aliphatic carboxylic acids is 1. The summed E-state index contributed by atoms with van der Waals surface area (Å²) in [5.41, 5.74) is 0.889. The largest absolute Gasteiger partial charge is 0.480 e. The molecule has 1 fully saturated rings. The molecule has 1 N–H and O–H groups in total. The number of benzene rings is 1. The van der Waals surface area contributed by atoms with Gasteiger partial charge in [-0.3, -0.25) is 14.6 Å². The Labute approximate surface area is 123 Å². The van der Waals surface area contributed by atoms with E-state index in [9.17, 15) is 9.18 Å². The van der Waals surface area contributed by atoms with Gasteiger partial charge in [-0.25, -0.2) is 4.39 Å². The predicted octanol–water partition coefficient (Wildman–Crippen LogP) is 1.29. The number of carboxylic acids is 1. The topological polar surface area (TPSA) is 67.6 Å². The minimum absolute atomic E-state index is 0.0546. The minimum atomic E-state index is -0.818. The normalized spacial score (nSPS) is 17.1. The van der Waals surface area contributed by atoms with E-state index in [2.05, 4.69) is 4.90 Å². The second-order valence-electron chi connectivity index (χ2n) is 5.22. The van der Waals surface area contributed by atoms with Gasteiger partial charge in [-0.15, -0.1) is 0 Å². The van der Waals surface area contributed by atoms with Crippen LogP contribution in [0.15, 0.2) is 18.2 Å². The Kier molecular flexibility index (Phi) is 5.26. The van der Waals surface area contributed by atoms with E-state index in [1.807, 2.05) is 11.0 Å². The fraction of sp³-hybridized carbons (Fsp3) is 0.467. The van der Waals surface area contributed by atoms with E-state index in [1.165, 1.54) is 6.07 Å². The maximum atomic E-state index is 13.9. The Bertz CT molecular complexity index is 556. The molecular formula is C15H18FN3O2. The third-order valence-corrected chi connectivity index (χ3v) is 3.62. The van der Waals surface area contributed by atoms with Crippen molar-refractivity contribution in [2.75, 3.05) is 32.7 Å². The van der Waals surface area contributed by atoms with Gasteiger partial charge in [0.15, 0.2) is 0 Å². The number of carboxylic acid groups (broad SMARTS) is 1. The molecular weight excluding hydrogens is 273 g/mol. The average Bonchev–Trinajstić information content (AvgIpc) is 2.66. The molecule has 0 spiro atoms. The number of nitriles is 1. The van der Waals surface area contributed by atoms with Crippen LogP contribution in [0.5, 0.6) is 0 Å². The van der Waals surface area contributed by atoms with Crippen LogP contribution in [0, 0.1) is 17.1 Å². The van der Waals surface area contributed by atoms with Crippen molar-refractivity contribution < 1.29 is 14.3 Å². The Hall–Kier alpha value is -1.97. The number of halogens is 1. The van der Waals surface area contributed by atoms with Crippen molar-refractivity contribution in [3.05, 3.63) is 35.1 Å². The van der Waals surface area contributed by atoms with Crippen molar-refractivity contribution in [2.45, 2.75) is 13.0 Å². The highest BCUT2D eigenvalue weighted by Gasteiger charge is 2.17. The maximum absolute atomic E-state index is 13.9. The van der Waals surface area contributed by atoms with Gasteiger partial charge in [-0.2, -0.15) is 5.26 Å². The van der Waals surface area contributed by atoms with E-state index in [-0.39, 0.29) is 12.4 Å². The van der Waals surface area contributed by atoms with E-state index in [4.69, 9.17) is 10.4 Å². The molecule has 6 heteroatoms.